The maximum atomic E-state index is 11.8. The van der Waals surface area contributed by atoms with Gasteiger partial charge in [-0.05, 0) is 12.1 Å². The molecule has 0 saturated carbocycles. The number of carbonyl (C=O) groups excluding carboxylic acids is 1. The zero-order valence-corrected chi connectivity index (χ0v) is 8.68. The largest absolute Gasteiger partial charge is 0.402 e. The number of aromatic nitrogens is 4. The van der Waals surface area contributed by atoms with Crippen molar-refractivity contribution in [2.75, 3.05) is 0 Å². The van der Waals surface area contributed by atoms with E-state index in [0.29, 0.717) is 5.56 Å². The monoisotopic (exact) mass is 228 g/mol. The summed E-state index contributed by atoms with van der Waals surface area (Å²) >= 11 is 0. The van der Waals surface area contributed by atoms with E-state index in [1.807, 2.05) is 6.07 Å². The number of aromatic amines is 2. The number of rotatable bonds is 2. The first-order valence-corrected chi connectivity index (χ1v) is 4.98. The van der Waals surface area contributed by atoms with Gasteiger partial charge in [-0.25, -0.2) is 9.78 Å². The van der Waals surface area contributed by atoms with E-state index < -0.39 is 5.97 Å². The molecule has 0 radical (unpaired) electrons. The molecule has 3 aromatic heterocycles. The third kappa shape index (κ3) is 1.76. The van der Waals surface area contributed by atoms with E-state index in [0.717, 1.165) is 11.0 Å². The van der Waals surface area contributed by atoms with Crippen LogP contribution in [0.4, 0.5) is 0 Å². The molecule has 0 unspecified atom stereocenters. The SMILES string of the molecule is O=C(Oc1cc[nH]n1)c1cnc2[nH]ccc2c1. The van der Waals surface area contributed by atoms with Crippen LogP contribution in [0.15, 0.2) is 36.8 Å². The minimum Gasteiger partial charge on any atom is -0.402 e. The molecule has 0 atom stereocenters. The van der Waals surface area contributed by atoms with Crippen molar-refractivity contribution in [3.8, 4) is 5.88 Å². The summed E-state index contributed by atoms with van der Waals surface area (Å²) in [5, 5.41) is 7.17. The summed E-state index contributed by atoms with van der Waals surface area (Å²) in [6.45, 7) is 0. The summed E-state index contributed by atoms with van der Waals surface area (Å²) < 4.78 is 5.03. The Bertz CT molecular complexity index is 657. The molecule has 0 aromatic carbocycles. The molecular weight excluding hydrogens is 220 g/mol. The van der Waals surface area contributed by atoms with Crippen LogP contribution in [0.1, 0.15) is 10.4 Å². The Hall–Kier alpha value is -2.63. The van der Waals surface area contributed by atoms with Crippen molar-refractivity contribution in [1.82, 2.24) is 20.2 Å². The van der Waals surface area contributed by atoms with E-state index in [-0.39, 0.29) is 5.88 Å². The van der Waals surface area contributed by atoms with E-state index in [4.69, 9.17) is 4.74 Å². The summed E-state index contributed by atoms with van der Waals surface area (Å²) in [7, 11) is 0. The lowest BCUT2D eigenvalue weighted by Gasteiger charge is -2.00. The summed E-state index contributed by atoms with van der Waals surface area (Å²) in [5.74, 6) is -0.239. The molecule has 84 valence electrons. The Morgan fingerprint density at radius 2 is 2.24 bits per heavy atom. The summed E-state index contributed by atoms with van der Waals surface area (Å²) in [4.78, 5) is 18.8. The molecule has 0 fully saturated rings. The van der Waals surface area contributed by atoms with Gasteiger partial charge in [0.25, 0.3) is 0 Å². The van der Waals surface area contributed by atoms with Crippen molar-refractivity contribution in [2.24, 2.45) is 0 Å². The van der Waals surface area contributed by atoms with Crippen LogP contribution in [0.25, 0.3) is 11.0 Å². The van der Waals surface area contributed by atoms with Gasteiger partial charge < -0.3 is 9.72 Å². The van der Waals surface area contributed by atoms with Crippen molar-refractivity contribution < 1.29 is 9.53 Å². The maximum Gasteiger partial charge on any atom is 0.346 e. The molecule has 0 bridgehead atoms. The standard InChI is InChI=1S/C11H8N4O2/c16-11(17-9-2-4-14-15-9)8-5-7-1-3-12-10(7)13-6-8/h1-6H,(H,12,13)(H,14,15). The van der Waals surface area contributed by atoms with Crippen LogP contribution in [-0.4, -0.2) is 26.1 Å². The van der Waals surface area contributed by atoms with E-state index in [1.54, 1.807) is 24.5 Å². The zero-order chi connectivity index (χ0) is 11.7. The van der Waals surface area contributed by atoms with Gasteiger partial charge in [-0.1, -0.05) is 0 Å². The molecule has 3 rings (SSSR count). The van der Waals surface area contributed by atoms with Crippen molar-refractivity contribution in [3.63, 3.8) is 0 Å². The Morgan fingerprint density at radius 1 is 1.29 bits per heavy atom. The molecular formula is C11H8N4O2. The van der Waals surface area contributed by atoms with Crippen molar-refractivity contribution in [1.29, 1.82) is 0 Å². The van der Waals surface area contributed by atoms with Gasteiger partial charge in [-0.15, -0.1) is 5.10 Å². The number of esters is 1. The van der Waals surface area contributed by atoms with Gasteiger partial charge in [-0.2, -0.15) is 0 Å². The molecule has 6 nitrogen and oxygen atoms in total. The fourth-order valence-electron chi connectivity index (χ4n) is 1.51. The van der Waals surface area contributed by atoms with Crippen LogP contribution < -0.4 is 4.74 Å². The first-order chi connectivity index (χ1) is 8.33. The summed E-state index contributed by atoms with van der Waals surface area (Å²) in [6, 6.07) is 5.13. The number of nitrogens with one attached hydrogen (secondary N) is 2. The van der Waals surface area contributed by atoms with Crippen LogP contribution in [0.2, 0.25) is 0 Å². The van der Waals surface area contributed by atoms with E-state index in [9.17, 15) is 4.79 Å². The second-order valence-electron chi connectivity index (χ2n) is 3.44. The molecule has 3 aromatic rings. The van der Waals surface area contributed by atoms with Crippen LogP contribution in [0.5, 0.6) is 5.88 Å². The van der Waals surface area contributed by atoms with Crippen LogP contribution in [-0.2, 0) is 0 Å². The Balaban J connectivity index is 1.90. The number of carbonyl (C=O) groups is 1. The number of nitrogens with zero attached hydrogens (tertiary/aromatic N) is 2. The Labute approximate surface area is 95.6 Å². The third-order valence-electron chi connectivity index (χ3n) is 2.31. The molecule has 0 aliphatic heterocycles. The van der Waals surface area contributed by atoms with E-state index in [1.165, 1.54) is 6.20 Å². The second kappa shape index (κ2) is 3.75. The molecule has 0 amide bonds. The molecule has 0 spiro atoms. The van der Waals surface area contributed by atoms with Gasteiger partial charge in [0.2, 0.25) is 5.88 Å². The first kappa shape index (κ1) is 9.59. The number of pyridine rings is 1. The third-order valence-corrected chi connectivity index (χ3v) is 2.31. The normalized spacial score (nSPS) is 10.6. The van der Waals surface area contributed by atoms with E-state index in [2.05, 4.69) is 20.2 Å². The molecule has 17 heavy (non-hydrogen) atoms. The summed E-state index contributed by atoms with van der Waals surface area (Å²) in [6.07, 6.45) is 4.81. The van der Waals surface area contributed by atoms with Gasteiger partial charge in [0.15, 0.2) is 0 Å². The highest BCUT2D eigenvalue weighted by molar-refractivity contribution is 5.94. The van der Waals surface area contributed by atoms with Gasteiger partial charge >= 0.3 is 5.97 Å². The van der Waals surface area contributed by atoms with E-state index >= 15 is 0 Å². The predicted octanol–water partition coefficient (Wildman–Crippen LogP) is 1.51. The van der Waals surface area contributed by atoms with Crippen molar-refractivity contribution in [3.05, 3.63) is 42.4 Å². The Morgan fingerprint density at radius 3 is 3.06 bits per heavy atom. The lowest BCUT2D eigenvalue weighted by Crippen LogP contribution is -2.09. The highest BCUT2D eigenvalue weighted by Gasteiger charge is 2.11. The van der Waals surface area contributed by atoms with Gasteiger partial charge in [-0.3, -0.25) is 5.10 Å². The lowest BCUT2D eigenvalue weighted by atomic mass is 10.2. The lowest BCUT2D eigenvalue weighted by molar-refractivity contribution is 0.0727. The minimum absolute atomic E-state index is 0.240. The van der Waals surface area contributed by atoms with Crippen molar-refractivity contribution >= 4 is 17.0 Å². The van der Waals surface area contributed by atoms with Gasteiger partial charge in [0.1, 0.15) is 5.65 Å². The Kier molecular flexibility index (Phi) is 2.11. The fourth-order valence-corrected chi connectivity index (χ4v) is 1.51. The number of H-pyrrole nitrogens is 2. The molecule has 0 aliphatic carbocycles. The van der Waals surface area contributed by atoms with Crippen LogP contribution >= 0.6 is 0 Å². The molecule has 3 heterocycles. The van der Waals surface area contributed by atoms with Crippen LogP contribution in [0, 0.1) is 0 Å². The number of hydrogen-bond acceptors (Lipinski definition) is 4. The topological polar surface area (TPSA) is 83.7 Å². The first-order valence-electron chi connectivity index (χ1n) is 4.98. The van der Waals surface area contributed by atoms with Crippen molar-refractivity contribution in [2.45, 2.75) is 0 Å². The quantitative estimate of drug-likeness (QED) is 0.651. The summed E-state index contributed by atoms with van der Waals surface area (Å²) in [5.41, 5.74) is 1.13. The average Bonchev–Trinajstić information content (AvgIpc) is 2.97. The number of ether oxygens (including phenoxy) is 1. The maximum absolute atomic E-state index is 11.8. The fraction of sp³-hybridized carbons (Fsp3) is 0. The van der Waals surface area contributed by atoms with Crippen LogP contribution in [0.3, 0.4) is 0 Å². The molecule has 2 N–H and O–H groups in total. The number of hydrogen-bond donors (Lipinski definition) is 2. The zero-order valence-electron chi connectivity index (χ0n) is 8.68. The van der Waals surface area contributed by atoms with Gasteiger partial charge in [0.05, 0.1) is 5.56 Å². The average molecular weight is 228 g/mol. The highest BCUT2D eigenvalue weighted by Crippen LogP contribution is 2.13. The molecule has 0 saturated heterocycles. The predicted molar refractivity (Wildman–Crippen MR) is 59.6 cm³/mol. The second-order valence-corrected chi connectivity index (χ2v) is 3.44. The molecule has 6 heteroatoms. The smallest absolute Gasteiger partial charge is 0.346 e. The minimum atomic E-state index is -0.479. The number of fused-ring (bicyclic) bond motifs is 1. The molecule has 0 aliphatic rings. The highest BCUT2D eigenvalue weighted by atomic mass is 16.5. The van der Waals surface area contributed by atoms with Gasteiger partial charge in [0, 0.05) is 30.0 Å².